The number of carbonyl (C=O) groups excluding carboxylic acids is 1. The van der Waals surface area contributed by atoms with Crippen molar-refractivity contribution in [1.29, 1.82) is 0 Å². The van der Waals surface area contributed by atoms with E-state index in [2.05, 4.69) is 10.0 Å². The first-order chi connectivity index (χ1) is 17.5. The molecule has 1 heterocycles. The average Bonchev–Trinajstić information content (AvgIpc) is 2.84. The van der Waals surface area contributed by atoms with Gasteiger partial charge in [-0.1, -0.05) is 24.1 Å². The van der Waals surface area contributed by atoms with Crippen LogP contribution in [0.5, 0.6) is 0 Å². The predicted molar refractivity (Wildman–Crippen MR) is 145 cm³/mol. The summed E-state index contributed by atoms with van der Waals surface area (Å²) in [4.78, 5) is 12.8. The van der Waals surface area contributed by atoms with E-state index in [0.29, 0.717) is 24.5 Å². The van der Waals surface area contributed by atoms with E-state index >= 15 is 0 Å². The molecule has 0 bridgehead atoms. The number of hydrogen-bond acceptors (Lipinski definition) is 5. The lowest BCUT2D eigenvalue weighted by Gasteiger charge is -2.25. The number of piperidine rings is 1. The summed E-state index contributed by atoms with van der Waals surface area (Å²) in [5.41, 5.74) is 2.63. The fourth-order valence-electron chi connectivity index (χ4n) is 4.26. The number of nitrogens with one attached hydrogen (secondary N) is 2. The average molecular weight is 562 g/mol. The molecule has 0 atom stereocenters. The molecule has 3 aromatic rings. The van der Waals surface area contributed by atoms with Gasteiger partial charge in [0.1, 0.15) is 4.90 Å². The Morgan fingerprint density at radius 2 is 1.43 bits per heavy atom. The van der Waals surface area contributed by atoms with Crippen LogP contribution in [0.1, 0.15) is 40.7 Å². The van der Waals surface area contributed by atoms with Crippen LogP contribution in [0.4, 0.5) is 11.4 Å². The summed E-state index contributed by atoms with van der Waals surface area (Å²) in [5.74, 6) is -0.564. The molecule has 1 aliphatic rings. The van der Waals surface area contributed by atoms with Crippen molar-refractivity contribution in [3.63, 3.8) is 0 Å². The summed E-state index contributed by atoms with van der Waals surface area (Å²) >= 11 is 6.19. The van der Waals surface area contributed by atoms with Crippen molar-refractivity contribution in [1.82, 2.24) is 4.31 Å². The number of benzene rings is 3. The van der Waals surface area contributed by atoms with E-state index in [1.165, 1.54) is 46.8 Å². The maximum Gasteiger partial charge on any atom is 0.263 e. The SMILES string of the molecule is Cc1cc(C)cc(NS(=O)(=O)c2cc(C(=O)Nc3ccc(S(=O)(=O)N4CCCCC4)cc3)ccc2Cl)c1. The number of hydrogen-bond donors (Lipinski definition) is 2. The molecule has 0 unspecified atom stereocenters. The second-order valence-electron chi connectivity index (χ2n) is 9.07. The molecule has 2 N–H and O–H groups in total. The maximum absolute atomic E-state index is 13.1. The molecule has 1 saturated heterocycles. The van der Waals surface area contributed by atoms with Gasteiger partial charge >= 0.3 is 0 Å². The number of amides is 1. The summed E-state index contributed by atoms with van der Waals surface area (Å²) in [6, 6.07) is 15.2. The summed E-state index contributed by atoms with van der Waals surface area (Å²) in [7, 11) is -7.66. The Balaban J connectivity index is 1.51. The molecule has 1 aliphatic heterocycles. The van der Waals surface area contributed by atoms with Crippen LogP contribution in [0.25, 0.3) is 0 Å². The zero-order valence-electron chi connectivity index (χ0n) is 20.5. The number of aryl methyl sites for hydroxylation is 2. The molecule has 1 amide bonds. The Morgan fingerprint density at radius 3 is 2.05 bits per heavy atom. The van der Waals surface area contributed by atoms with Gasteiger partial charge in [-0.15, -0.1) is 0 Å². The first-order valence-corrected chi connectivity index (χ1v) is 15.1. The van der Waals surface area contributed by atoms with Gasteiger partial charge in [0, 0.05) is 30.0 Å². The molecule has 11 heteroatoms. The highest BCUT2D eigenvalue weighted by atomic mass is 35.5. The van der Waals surface area contributed by atoms with Crippen LogP contribution in [0, 0.1) is 13.8 Å². The van der Waals surface area contributed by atoms with E-state index in [-0.39, 0.29) is 20.4 Å². The van der Waals surface area contributed by atoms with Gasteiger partial charge in [-0.2, -0.15) is 4.31 Å². The number of sulfonamides is 2. The van der Waals surface area contributed by atoms with Gasteiger partial charge < -0.3 is 5.32 Å². The molecule has 8 nitrogen and oxygen atoms in total. The first kappa shape index (κ1) is 27.1. The standard InChI is InChI=1S/C26H28ClN3O5S2/c1-18-14-19(2)16-22(15-18)29-36(32,33)25-17-20(6-11-24(25)27)26(31)28-21-7-9-23(10-8-21)37(34,35)30-12-4-3-5-13-30/h6-11,14-17,29H,3-5,12-13H2,1-2H3,(H,28,31). The third-order valence-corrected chi connectivity index (χ3v) is 9.80. The minimum Gasteiger partial charge on any atom is -0.322 e. The first-order valence-electron chi connectivity index (χ1n) is 11.8. The summed E-state index contributed by atoms with van der Waals surface area (Å²) in [6.07, 6.45) is 2.70. The quantitative estimate of drug-likeness (QED) is 0.412. The molecule has 37 heavy (non-hydrogen) atoms. The van der Waals surface area contributed by atoms with E-state index in [1.54, 1.807) is 12.1 Å². The van der Waals surface area contributed by atoms with Crippen molar-refractivity contribution in [2.24, 2.45) is 0 Å². The smallest absolute Gasteiger partial charge is 0.263 e. The molecular formula is C26H28ClN3O5S2. The van der Waals surface area contributed by atoms with E-state index in [0.717, 1.165) is 30.4 Å². The number of carbonyl (C=O) groups is 1. The van der Waals surface area contributed by atoms with Crippen molar-refractivity contribution in [2.75, 3.05) is 23.1 Å². The van der Waals surface area contributed by atoms with Crippen LogP contribution >= 0.6 is 11.6 Å². The summed E-state index contributed by atoms with van der Waals surface area (Å²) in [5, 5.41) is 2.65. The van der Waals surface area contributed by atoms with Gasteiger partial charge in [0.05, 0.1) is 9.92 Å². The van der Waals surface area contributed by atoms with Gasteiger partial charge in [0.25, 0.3) is 15.9 Å². The molecule has 0 radical (unpaired) electrons. The molecule has 3 aromatic carbocycles. The largest absolute Gasteiger partial charge is 0.322 e. The minimum absolute atomic E-state index is 0.0271. The van der Waals surface area contributed by atoms with Crippen molar-refractivity contribution < 1.29 is 21.6 Å². The third-order valence-electron chi connectivity index (χ3n) is 6.02. The number of halogens is 1. The molecule has 4 rings (SSSR count). The van der Waals surface area contributed by atoms with Crippen LogP contribution in [-0.2, 0) is 20.0 Å². The second-order valence-corrected chi connectivity index (χ2v) is 13.1. The number of nitrogens with zero attached hydrogens (tertiary/aromatic N) is 1. The van der Waals surface area contributed by atoms with Gasteiger partial charge in [-0.05, 0) is 92.4 Å². The lowest BCUT2D eigenvalue weighted by Crippen LogP contribution is -2.35. The maximum atomic E-state index is 13.1. The van der Waals surface area contributed by atoms with Crippen LogP contribution in [0.2, 0.25) is 5.02 Å². The van der Waals surface area contributed by atoms with E-state index < -0.39 is 26.0 Å². The summed E-state index contributed by atoms with van der Waals surface area (Å²) < 4.78 is 55.8. The molecular weight excluding hydrogens is 534 g/mol. The van der Waals surface area contributed by atoms with Crippen LogP contribution in [0.3, 0.4) is 0 Å². The van der Waals surface area contributed by atoms with Crippen LogP contribution in [-0.4, -0.2) is 40.1 Å². The topological polar surface area (TPSA) is 113 Å². The molecule has 0 saturated carbocycles. The Hall–Kier alpha value is -2.92. The second kappa shape index (κ2) is 10.8. The fraction of sp³-hybridized carbons (Fsp3) is 0.269. The Labute approximate surface area is 222 Å². The fourth-order valence-corrected chi connectivity index (χ4v) is 7.35. The molecule has 1 fully saturated rings. The number of anilines is 2. The highest BCUT2D eigenvalue weighted by Crippen LogP contribution is 2.27. The van der Waals surface area contributed by atoms with Gasteiger partial charge in [-0.25, -0.2) is 16.8 Å². The van der Waals surface area contributed by atoms with Crippen molar-refractivity contribution in [3.05, 3.63) is 82.4 Å². The zero-order chi connectivity index (χ0) is 26.8. The monoisotopic (exact) mass is 561 g/mol. The highest BCUT2D eigenvalue weighted by molar-refractivity contribution is 7.92. The Morgan fingerprint density at radius 1 is 0.811 bits per heavy atom. The molecule has 0 aliphatic carbocycles. The van der Waals surface area contributed by atoms with Crippen LogP contribution in [0.15, 0.2) is 70.5 Å². The number of rotatable bonds is 7. The zero-order valence-corrected chi connectivity index (χ0v) is 22.9. The molecule has 0 aromatic heterocycles. The molecule has 196 valence electrons. The highest BCUT2D eigenvalue weighted by Gasteiger charge is 2.26. The van der Waals surface area contributed by atoms with Crippen molar-refractivity contribution in [3.8, 4) is 0 Å². The Bertz CT molecular complexity index is 1510. The Kier molecular flexibility index (Phi) is 7.94. The minimum atomic E-state index is -4.07. The lowest BCUT2D eigenvalue weighted by molar-refractivity contribution is 0.102. The van der Waals surface area contributed by atoms with E-state index in [9.17, 15) is 21.6 Å². The van der Waals surface area contributed by atoms with Crippen LogP contribution < -0.4 is 10.0 Å². The van der Waals surface area contributed by atoms with E-state index in [4.69, 9.17) is 11.6 Å². The van der Waals surface area contributed by atoms with E-state index in [1.807, 2.05) is 19.9 Å². The van der Waals surface area contributed by atoms with Gasteiger partial charge in [0.2, 0.25) is 10.0 Å². The van der Waals surface area contributed by atoms with Gasteiger partial charge in [-0.3, -0.25) is 9.52 Å². The van der Waals surface area contributed by atoms with Crippen molar-refractivity contribution in [2.45, 2.75) is 42.9 Å². The predicted octanol–water partition coefficient (Wildman–Crippen LogP) is 5.18. The van der Waals surface area contributed by atoms with Crippen molar-refractivity contribution >= 4 is 48.9 Å². The summed E-state index contributed by atoms with van der Waals surface area (Å²) in [6.45, 7) is 4.72. The molecule has 0 spiro atoms. The normalized spacial score (nSPS) is 14.8. The third kappa shape index (κ3) is 6.32. The van der Waals surface area contributed by atoms with Gasteiger partial charge in [0.15, 0.2) is 0 Å². The lowest BCUT2D eigenvalue weighted by atomic mass is 10.1.